The van der Waals surface area contributed by atoms with E-state index in [1.807, 2.05) is 0 Å². The summed E-state index contributed by atoms with van der Waals surface area (Å²) in [4.78, 5) is 0. The minimum atomic E-state index is 0.533. The number of rotatable bonds is 4. The Bertz CT molecular complexity index is 451. The lowest BCUT2D eigenvalue weighted by Crippen LogP contribution is -2.29. The van der Waals surface area contributed by atoms with Crippen LogP contribution in [0.25, 0.3) is 0 Å². The molecule has 4 aliphatic carbocycles. The van der Waals surface area contributed by atoms with Crippen LogP contribution in [0, 0.1) is 46.8 Å². The van der Waals surface area contributed by atoms with Gasteiger partial charge in [-0.2, -0.15) is 0 Å². The summed E-state index contributed by atoms with van der Waals surface area (Å²) in [5.41, 5.74) is 0.533. The highest BCUT2D eigenvalue weighted by molar-refractivity contribution is 4.96. The van der Waals surface area contributed by atoms with E-state index in [1.54, 1.807) is 83.5 Å². The van der Waals surface area contributed by atoms with Crippen LogP contribution in [0.15, 0.2) is 0 Å². The molecule has 6 unspecified atom stereocenters. The standard InChI is InChI=1S/C27H48/c1-27(2,3)23-14-9-10-20(18-23)16-17-25-24-15-8-7-13-22(24)19-26(25)21-11-5-4-6-12-21/h20-26H,4-19H2,1-3H3. The van der Waals surface area contributed by atoms with Crippen molar-refractivity contribution in [2.45, 2.75) is 124 Å². The molecule has 4 aliphatic rings. The Morgan fingerprint density at radius 3 is 2.07 bits per heavy atom. The molecule has 27 heavy (non-hydrogen) atoms. The zero-order chi connectivity index (χ0) is 18.9. The van der Waals surface area contributed by atoms with Crippen LogP contribution in [0.1, 0.15) is 124 Å². The van der Waals surface area contributed by atoms with Crippen LogP contribution in [-0.4, -0.2) is 0 Å². The largest absolute Gasteiger partial charge is 0.0599 e. The van der Waals surface area contributed by atoms with Crippen molar-refractivity contribution in [1.82, 2.24) is 0 Å². The first-order chi connectivity index (χ1) is 13.0. The number of fused-ring (bicyclic) bond motifs is 1. The monoisotopic (exact) mass is 372 g/mol. The van der Waals surface area contributed by atoms with Crippen molar-refractivity contribution in [2.24, 2.45) is 46.8 Å². The fourth-order valence-electron chi connectivity index (χ4n) is 8.23. The summed E-state index contributed by atoms with van der Waals surface area (Å²) in [6.07, 6.45) is 24.9. The third kappa shape index (κ3) is 4.78. The van der Waals surface area contributed by atoms with E-state index in [-0.39, 0.29) is 0 Å². The predicted octanol–water partition coefficient (Wildman–Crippen LogP) is 8.64. The first-order valence-electron chi connectivity index (χ1n) is 13.0. The zero-order valence-electron chi connectivity index (χ0n) is 18.9. The van der Waals surface area contributed by atoms with E-state index in [4.69, 9.17) is 0 Å². The molecule has 4 fully saturated rings. The molecule has 0 spiro atoms. The average Bonchev–Trinajstić information content (AvgIpc) is 3.05. The van der Waals surface area contributed by atoms with E-state index in [2.05, 4.69) is 20.8 Å². The minimum Gasteiger partial charge on any atom is -0.0599 e. The van der Waals surface area contributed by atoms with E-state index >= 15 is 0 Å². The van der Waals surface area contributed by atoms with Crippen molar-refractivity contribution in [1.29, 1.82) is 0 Å². The molecule has 0 saturated heterocycles. The molecule has 0 bridgehead atoms. The molecule has 0 aromatic rings. The maximum Gasteiger partial charge on any atom is -0.0352 e. The summed E-state index contributed by atoms with van der Waals surface area (Å²) in [7, 11) is 0. The highest BCUT2D eigenvalue weighted by Crippen LogP contribution is 2.55. The molecule has 0 radical (unpaired) electrons. The molecule has 0 nitrogen and oxygen atoms in total. The van der Waals surface area contributed by atoms with Gasteiger partial charge in [-0.05, 0) is 78.9 Å². The number of hydrogen-bond donors (Lipinski definition) is 0. The van der Waals surface area contributed by atoms with Crippen LogP contribution in [0.4, 0.5) is 0 Å². The molecule has 0 aliphatic heterocycles. The van der Waals surface area contributed by atoms with Crippen molar-refractivity contribution in [3.63, 3.8) is 0 Å². The summed E-state index contributed by atoms with van der Waals surface area (Å²) in [6.45, 7) is 7.47. The lowest BCUT2D eigenvalue weighted by molar-refractivity contribution is 0.116. The fourth-order valence-corrected chi connectivity index (χ4v) is 8.23. The van der Waals surface area contributed by atoms with Gasteiger partial charge in [-0.3, -0.25) is 0 Å². The Labute approximate surface area is 170 Å². The summed E-state index contributed by atoms with van der Waals surface area (Å²) < 4.78 is 0. The second kappa shape index (κ2) is 8.79. The van der Waals surface area contributed by atoms with Crippen LogP contribution < -0.4 is 0 Å². The van der Waals surface area contributed by atoms with Crippen LogP contribution in [0.2, 0.25) is 0 Å². The van der Waals surface area contributed by atoms with E-state index in [0.29, 0.717) is 5.41 Å². The molecule has 0 aromatic heterocycles. The van der Waals surface area contributed by atoms with E-state index in [1.165, 1.54) is 19.3 Å². The van der Waals surface area contributed by atoms with Gasteiger partial charge in [0.2, 0.25) is 0 Å². The van der Waals surface area contributed by atoms with Gasteiger partial charge >= 0.3 is 0 Å². The van der Waals surface area contributed by atoms with Crippen LogP contribution in [0.5, 0.6) is 0 Å². The molecule has 6 atom stereocenters. The van der Waals surface area contributed by atoms with Crippen LogP contribution >= 0.6 is 0 Å². The van der Waals surface area contributed by atoms with Gasteiger partial charge in [0.25, 0.3) is 0 Å². The summed E-state index contributed by atoms with van der Waals surface area (Å²) in [5.74, 6) is 7.66. The molecule has 4 saturated carbocycles. The maximum atomic E-state index is 2.49. The van der Waals surface area contributed by atoms with Crippen molar-refractivity contribution in [3.8, 4) is 0 Å². The Balaban J connectivity index is 1.38. The molecule has 0 aromatic carbocycles. The predicted molar refractivity (Wildman–Crippen MR) is 118 cm³/mol. The molecular formula is C27H48. The lowest BCUT2D eigenvalue weighted by atomic mass is 9.66. The highest BCUT2D eigenvalue weighted by Gasteiger charge is 2.46. The van der Waals surface area contributed by atoms with E-state index in [0.717, 1.165) is 41.4 Å². The van der Waals surface area contributed by atoms with Gasteiger partial charge < -0.3 is 0 Å². The maximum absolute atomic E-state index is 2.49. The highest BCUT2D eigenvalue weighted by atomic mass is 14.5. The molecule has 0 heteroatoms. The molecule has 156 valence electrons. The second-order valence-electron chi connectivity index (χ2n) is 12.3. The molecule has 0 amide bonds. The van der Waals surface area contributed by atoms with Gasteiger partial charge in [0.05, 0.1) is 0 Å². The van der Waals surface area contributed by atoms with E-state index in [9.17, 15) is 0 Å². The molecular weight excluding hydrogens is 324 g/mol. The topological polar surface area (TPSA) is 0 Å². The quantitative estimate of drug-likeness (QED) is 0.463. The van der Waals surface area contributed by atoms with Crippen molar-refractivity contribution in [3.05, 3.63) is 0 Å². The average molecular weight is 373 g/mol. The Hall–Kier alpha value is 0. The summed E-state index contributed by atoms with van der Waals surface area (Å²) >= 11 is 0. The van der Waals surface area contributed by atoms with Crippen LogP contribution in [-0.2, 0) is 0 Å². The minimum absolute atomic E-state index is 0.533. The van der Waals surface area contributed by atoms with Gasteiger partial charge in [-0.1, -0.05) is 91.4 Å². The number of hydrogen-bond acceptors (Lipinski definition) is 0. The third-order valence-electron chi connectivity index (χ3n) is 9.81. The first kappa shape index (κ1) is 20.3. The SMILES string of the molecule is CC(C)(C)C1CCCC(CCC2C3CCCCC3CC2C2CCCCC2)C1. The second-order valence-corrected chi connectivity index (χ2v) is 12.3. The van der Waals surface area contributed by atoms with Crippen molar-refractivity contribution >= 4 is 0 Å². The summed E-state index contributed by atoms with van der Waals surface area (Å²) in [5, 5.41) is 0. The fraction of sp³-hybridized carbons (Fsp3) is 1.00. The van der Waals surface area contributed by atoms with Gasteiger partial charge in [0, 0.05) is 0 Å². The van der Waals surface area contributed by atoms with Crippen molar-refractivity contribution in [2.75, 3.05) is 0 Å². The van der Waals surface area contributed by atoms with Gasteiger partial charge in [-0.25, -0.2) is 0 Å². The smallest absolute Gasteiger partial charge is 0.0352 e. The molecule has 4 rings (SSSR count). The van der Waals surface area contributed by atoms with Gasteiger partial charge in [0.15, 0.2) is 0 Å². The van der Waals surface area contributed by atoms with E-state index < -0.39 is 0 Å². The molecule has 0 heterocycles. The summed E-state index contributed by atoms with van der Waals surface area (Å²) in [6, 6.07) is 0. The Kier molecular flexibility index (Phi) is 6.60. The first-order valence-corrected chi connectivity index (χ1v) is 13.0. The molecule has 0 N–H and O–H groups in total. The third-order valence-corrected chi connectivity index (χ3v) is 9.81. The van der Waals surface area contributed by atoms with Gasteiger partial charge in [0.1, 0.15) is 0 Å². The zero-order valence-corrected chi connectivity index (χ0v) is 18.9. The van der Waals surface area contributed by atoms with Crippen LogP contribution in [0.3, 0.4) is 0 Å². The normalized spacial score (nSPS) is 41.4. The lowest BCUT2D eigenvalue weighted by Gasteiger charge is -2.39. The van der Waals surface area contributed by atoms with Crippen molar-refractivity contribution < 1.29 is 0 Å². The Morgan fingerprint density at radius 2 is 1.30 bits per heavy atom. The Morgan fingerprint density at radius 1 is 0.593 bits per heavy atom. The van der Waals surface area contributed by atoms with Gasteiger partial charge in [-0.15, -0.1) is 0 Å².